The third-order valence-electron chi connectivity index (χ3n) is 3.28. The Morgan fingerprint density at radius 1 is 1.14 bits per heavy atom. The van der Waals surface area contributed by atoms with Gasteiger partial charge in [-0.2, -0.15) is 0 Å². The van der Waals surface area contributed by atoms with E-state index in [1.54, 1.807) is 23.9 Å². The van der Waals surface area contributed by atoms with E-state index in [0.717, 1.165) is 29.2 Å². The van der Waals surface area contributed by atoms with Gasteiger partial charge in [0.1, 0.15) is 5.82 Å². The van der Waals surface area contributed by atoms with E-state index in [0.29, 0.717) is 6.54 Å². The second-order valence-electron chi connectivity index (χ2n) is 5.17. The van der Waals surface area contributed by atoms with Crippen molar-refractivity contribution in [2.75, 3.05) is 6.54 Å². The normalized spacial score (nSPS) is 10.8. The van der Waals surface area contributed by atoms with Crippen LogP contribution in [0, 0.1) is 12.7 Å². The van der Waals surface area contributed by atoms with Crippen LogP contribution in [0.2, 0.25) is 0 Å². The van der Waals surface area contributed by atoms with E-state index in [2.05, 4.69) is 43.4 Å². The SMILES string of the molecule is CCCNCc1c(F)cccc1SCc1cccc(C)c1. The van der Waals surface area contributed by atoms with Gasteiger partial charge in [0.05, 0.1) is 0 Å². The molecule has 1 N–H and O–H groups in total. The Morgan fingerprint density at radius 2 is 1.95 bits per heavy atom. The van der Waals surface area contributed by atoms with Crippen LogP contribution >= 0.6 is 11.8 Å². The van der Waals surface area contributed by atoms with Crippen LogP contribution in [0.25, 0.3) is 0 Å². The second kappa shape index (κ2) is 8.20. The summed E-state index contributed by atoms with van der Waals surface area (Å²) in [5.41, 5.74) is 3.32. The minimum Gasteiger partial charge on any atom is -0.313 e. The van der Waals surface area contributed by atoms with Gasteiger partial charge in [-0.15, -0.1) is 11.8 Å². The molecule has 2 aromatic carbocycles. The van der Waals surface area contributed by atoms with Gasteiger partial charge in [-0.25, -0.2) is 4.39 Å². The van der Waals surface area contributed by atoms with Crippen molar-refractivity contribution in [2.24, 2.45) is 0 Å². The average molecular weight is 303 g/mol. The molecular formula is C18H22FNS. The topological polar surface area (TPSA) is 12.0 Å². The molecule has 0 radical (unpaired) electrons. The number of thioether (sulfide) groups is 1. The summed E-state index contributed by atoms with van der Waals surface area (Å²) in [4.78, 5) is 1.03. The lowest BCUT2D eigenvalue weighted by molar-refractivity contribution is 0.578. The largest absolute Gasteiger partial charge is 0.313 e. The van der Waals surface area contributed by atoms with Crippen molar-refractivity contribution in [3.8, 4) is 0 Å². The number of benzene rings is 2. The van der Waals surface area contributed by atoms with Crippen LogP contribution < -0.4 is 5.32 Å². The zero-order valence-electron chi connectivity index (χ0n) is 12.7. The highest BCUT2D eigenvalue weighted by Gasteiger charge is 2.08. The molecule has 0 atom stereocenters. The molecule has 0 unspecified atom stereocenters. The first-order chi connectivity index (χ1) is 10.2. The fourth-order valence-corrected chi connectivity index (χ4v) is 3.22. The molecule has 0 heterocycles. The lowest BCUT2D eigenvalue weighted by Gasteiger charge is -2.11. The fraction of sp³-hybridized carbons (Fsp3) is 0.333. The highest BCUT2D eigenvalue weighted by atomic mass is 32.2. The van der Waals surface area contributed by atoms with E-state index in [1.165, 1.54) is 11.1 Å². The summed E-state index contributed by atoms with van der Waals surface area (Å²) in [6.07, 6.45) is 1.06. The Hall–Kier alpha value is -1.32. The molecule has 0 saturated carbocycles. The third-order valence-corrected chi connectivity index (χ3v) is 4.45. The summed E-state index contributed by atoms with van der Waals surface area (Å²) in [7, 11) is 0. The lowest BCUT2D eigenvalue weighted by atomic mass is 10.2. The van der Waals surface area contributed by atoms with Gasteiger partial charge < -0.3 is 5.32 Å². The summed E-state index contributed by atoms with van der Waals surface area (Å²) >= 11 is 1.70. The van der Waals surface area contributed by atoms with Crippen molar-refractivity contribution in [3.05, 3.63) is 65.0 Å². The highest BCUT2D eigenvalue weighted by Crippen LogP contribution is 2.28. The molecule has 0 bridgehead atoms. The van der Waals surface area contributed by atoms with Crippen molar-refractivity contribution in [2.45, 2.75) is 37.5 Å². The number of aryl methyl sites for hydroxylation is 1. The van der Waals surface area contributed by atoms with Crippen LogP contribution in [0.3, 0.4) is 0 Å². The highest BCUT2D eigenvalue weighted by molar-refractivity contribution is 7.98. The van der Waals surface area contributed by atoms with Gasteiger partial charge >= 0.3 is 0 Å². The van der Waals surface area contributed by atoms with Gasteiger partial charge in [0.2, 0.25) is 0 Å². The number of hydrogen-bond acceptors (Lipinski definition) is 2. The molecule has 0 amide bonds. The van der Waals surface area contributed by atoms with Crippen molar-refractivity contribution in [3.63, 3.8) is 0 Å². The first kappa shape index (κ1) is 16.1. The van der Waals surface area contributed by atoms with Crippen LogP contribution in [0.1, 0.15) is 30.0 Å². The van der Waals surface area contributed by atoms with Gasteiger partial charge in [0, 0.05) is 22.8 Å². The predicted molar refractivity (Wildman–Crippen MR) is 89.1 cm³/mol. The molecule has 112 valence electrons. The van der Waals surface area contributed by atoms with Crippen molar-refractivity contribution in [1.29, 1.82) is 0 Å². The zero-order chi connectivity index (χ0) is 15.1. The molecule has 3 heteroatoms. The quantitative estimate of drug-likeness (QED) is 0.575. The van der Waals surface area contributed by atoms with Gasteiger partial charge in [0.15, 0.2) is 0 Å². The standard InChI is InChI=1S/C18H22FNS/c1-3-10-20-12-16-17(19)8-5-9-18(16)21-13-15-7-4-6-14(2)11-15/h4-9,11,20H,3,10,12-13H2,1-2H3. The van der Waals surface area contributed by atoms with Crippen LogP contribution in [-0.2, 0) is 12.3 Å². The van der Waals surface area contributed by atoms with Crippen LogP contribution in [0.15, 0.2) is 47.4 Å². The maximum atomic E-state index is 14.0. The van der Waals surface area contributed by atoms with Gasteiger partial charge in [-0.3, -0.25) is 0 Å². The molecule has 21 heavy (non-hydrogen) atoms. The van der Waals surface area contributed by atoms with Crippen molar-refractivity contribution < 1.29 is 4.39 Å². The van der Waals surface area contributed by atoms with E-state index in [9.17, 15) is 4.39 Å². The number of rotatable bonds is 7. The Bertz CT molecular complexity index is 583. The zero-order valence-corrected chi connectivity index (χ0v) is 13.5. The van der Waals surface area contributed by atoms with Gasteiger partial charge in [-0.05, 0) is 37.6 Å². The monoisotopic (exact) mass is 303 g/mol. The summed E-state index contributed by atoms with van der Waals surface area (Å²) in [5, 5.41) is 3.29. The van der Waals surface area contributed by atoms with E-state index >= 15 is 0 Å². The molecule has 0 aliphatic carbocycles. The van der Waals surface area contributed by atoms with Crippen molar-refractivity contribution >= 4 is 11.8 Å². The van der Waals surface area contributed by atoms with Crippen LogP contribution in [0.4, 0.5) is 4.39 Å². The van der Waals surface area contributed by atoms with Gasteiger partial charge in [-0.1, -0.05) is 42.8 Å². The maximum absolute atomic E-state index is 14.0. The second-order valence-corrected chi connectivity index (χ2v) is 6.19. The Balaban J connectivity index is 2.06. The molecule has 0 saturated heterocycles. The van der Waals surface area contributed by atoms with Crippen LogP contribution in [-0.4, -0.2) is 6.54 Å². The number of halogens is 1. The Labute approximate surface area is 131 Å². The Kier molecular flexibility index (Phi) is 6.27. The Morgan fingerprint density at radius 3 is 2.71 bits per heavy atom. The minimum atomic E-state index is -0.118. The molecule has 0 spiro atoms. The average Bonchev–Trinajstić information content (AvgIpc) is 2.47. The lowest BCUT2D eigenvalue weighted by Crippen LogP contribution is -2.15. The molecule has 2 aromatic rings. The summed E-state index contributed by atoms with van der Waals surface area (Å²) in [6, 6.07) is 13.8. The smallest absolute Gasteiger partial charge is 0.128 e. The fourth-order valence-electron chi connectivity index (χ4n) is 2.20. The van der Waals surface area contributed by atoms with Crippen LogP contribution in [0.5, 0.6) is 0 Å². The van der Waals surface area contributed by atoms with Crippen molar-refractivity contribution in [1.82, 2.24) is 5.32 Å². The maximum Gasteiger partial charge on any atom is 0.128 e. The van der Waals surface area contributed by atoms with Gasteiger partial charge in [0.25, 0.3) is 0 Å². The molecule has 0 aromatic heterocycles. The van der Waals surface area contributed by atoms with E-state index in [4.69, 9.17) is 0 Å². The summed E-state index contributed by atoms with van der Waals surface area (Å²) < 4.78 is 14.0. The number of nitrogens with one attached hydrogen (secondary N) is 1. The first-order valence-electron chi connectivity index (χ1n) is 7.37. The number of hydrogen-bond donors (Lipinski definition) is 1. The van der Waals surface area contributed by atoms with E-state index < -0.39 is 0 Å². The molecule has 0 fully saturated rings. The molecule has 0 aliphatic heterocycles. The molecule has 2 rings (SSSR count). The minimum absolute atomic E-state index is 0.118. The summed E-state index contributed by atoms with van der Waals surface area (Å²) in [6.45, 7) is 5.71. The third kappa shape index (κ3) is 4.87. The summed E-state index contributed by atoms with van der Waals surface area (Å²) in [5.74, 6) is 0.749. The predicted octanol–water partition coefficient (Wildman–Crippen LogP) is 4.93. The molecule has 0 aliphatic rings. The first-order valence-corrected chi connectivity index (χ1v) is 8.35. The van der Waals surface area contributed by atoms with E-state index in [-0.39, 0.29) is 5.82 Å². The van der Waals surface area contributed by atoms with E-state index in [1.807, 2.05) is 6.07 Å². The molecular weight excluding hydrogens is 281 g/mol. The molecule has 1 nitrogen and oxygen atoms in total.